The van der Waals surface area contributed by atoms with Crippen molar-refractivity contribution in [1.82, 2.24) is 9.55 Å². The lowest BCUT2D eigenvalue weighted by Gasteiger charge is -2.18. The molecule has 0 saturated heterocycles. The number of nitrogens with zero attached hydrogens (tertiary/aromatic N) is 2. The van der Waals surface area contributed by atoms with Crippen LogP contribution in [0.4, 0.5) is 5.69 Å². The fourth-order valence-corrected chi connectivity index (χ4v) is 4.67. The monoisotopic (exact) mass is 521 g/mol. The number of hydrogen-bond donors (Lipinski definition) is 2. The summed E-state index contributed by atoms with van der Waals surface area (Å²) in [6.45, 7) is 5.88. The Labute approximate surface area is 212 Å². The van der Waals surface area contributed by atoms with Crippen molar-refractivity contribution < 1.29 is 19.4 Å². The van der Waals surface area contributed by atoms with Crippen LogP contribution in [-0.4, -0.2) is 45.0 Å². The third kappa shape index (κ3) is 5.93. The molecule has 0 atom stereocenters. The third-order valence-electron chi connectivity index (χ3n) is 5.06. The summed E-state index contributed by atoms with van der Waals surface area (Å²) in [5, 5.41) is 13.0. The van der Waals surface area contributed by atoms with Crippen molar-refractivity contribution in [2.75, 3.05) is 19.0 Å². The summed E-state index contributed by atoms with van der Waals surface area (Å²) < 4.78 is 6.10. The minimum atomic E-state index is -0.955. The van der Waals surface area contributed by atoms with Crippen LogP contribution in [0.5, 0.6) is 0 Å². The largest absolute Gasteiger partial charge is 0.480 e. The molecule has 1 aromatic heterocycles. The molecule has 3 rings (SSSR count). The predicted molar refractivity (Wildman–Crippen MR) is 136 cm³/mol. The van der Waals surface area contributed by atoms with E-state index in [1.165, 1.54) is 11.8 Å². The molecule has 7 nitrogen and oxygen atoms in total. The van der Waals surface area contributed by atoms with Crippen LogP contribution in [0.25, 0.3) is 11.4 Å². The number of carboxylic acid groups (broad SMARTS) is 1. The lowest BCUT2D eigenvalue weighted by atomic mass is 10.2. The van der Waals surface area contributed by atoms with Crippen molar-refractivity contribution in [1.29, 1.82) is 0 Å². The number of thioether (sulfide) groups is 1. The van der Waals surface area contributed by atoms with Gasteiger partial charge in [-0.2, -0.15) is 0 Å². The van der Waals surface area contributed by atoms with E-state index in [0.29, 0.717) is 46.1 Å². The first-order chi connectivity index (χ1) is 16.0. The van der Waals surface area contributed by atoms with Gasteiger partial charge >= 0.3 is 5.97 Å². The average molecular weight is 522 g/mol. The van der Waals surface area contributed by atoms with Gasteiger partial charge in [-0.3, -0.25) is 9.59 Å². The number of ether oxygens (including phenoxy) is 1. The average Bonchev–Trinajstić information content (AvgIpc) is 3.10. The van der Waals surface area contributed by atoms with Crippen molar-refractivity contribution in [3.8, 4) is 11.4 Å². The molecule has 3 aromatic rings. The Morgan fingerprint density at radius 2 is 1.85 bits per heavy atom. The van der Waals surface area contributed by atoms with Gasteiger partial charge in [-0.05, 0) is 51.1 Å². The number of carbonyl (C=O) groups is 2. The number of imidazole rings is 1. The zero-order valence-corrected chi connectivity index (χ0v) is 21.5. The Balaban J connectivity index is 1.95. The number of benzene rings is 2. The van der Waals surface area contributed by atoms with Gasteiger partial charge in [0, 0.05) is 29.1 Å². The maximum absolute atomic E-state index is 13.2. The number of amides is 1. The molecule has 0 radical (unpaired) electrons. The van der Waals surface area contributed by atoms with Crippen LogP contribution >= 0.6 is 35.0 Å². The molecule has 0 unspecified atom stereocenters. The van der Waals surface area contributed by atoms with Gasteiger partial charge in [-0.1, -0.05) is 35.3 Å². The van der Waals surface area contributed by atoms with Gasteiger partial charge in [0.2, 0.25) is 0 Å². The van der Waals surface area contributed by atoms with E-state index in [2.05, 4.69) is 10.3 Å². The molecule has 0 bridgehead atoms. The summed E-state index contributed by atoms with van der Waals surface area (Å²) in [4.78, 5) is 30.1. The fraction of sp³-hybridized carbons (Fsp3) is 0.292. The van der Waals surface area contributed by atoms with E-state index in [9.17, 15) is 14.7 Å². The van der Waals surface area contributed by atoms with Gasteiger partial charge < -0.3 is 19.7 Å². The van der Waals surface area contributed by atoms with E-state index in [0.717, 1.165) is 10.5 Å². The molecule has 0 fully saturated rings. The predicted octanol–water partition coefficient (Wildman–Crippen LogP) is 6.02. The molecule has 2 aromatic carbocycles. The minimum Gasteiger partial charge on any atom is -0.480 e. The van der Waals surface area contributed by atoms with Gasteiger partial charge in [0.15, 0.2) is 0 Å². The second-order valence-electron chi connectivity index (χ2n) is 8.03. The zero-order chi connectivity index (χ0) is 25.0. The second-order valence-corrected chi connectivity index (χ2v) is 10.6. The first-order valence-corrected chi connectivity index (χ1v) is 12.0. The fourth-order valence-electron chi connectivity index (χ4n) is 3.26. The number of anilines is 1. The smallest absolute Gasteiger partial charge is 0.319 e. The number of halogens is 2. The Kier molecular flexibility index (Phi) is 8.30. The highest BCUT2D eigenvalue weighted by Gasteiger charge is 2.28. The number of carbonyl (C=O) groups excluding carboxylic acids is 1. The number of aromatic nitrogens is 2. The molecule has 2 N–H and O–H groups in total. The van der Waals surface area contributed by atoms with Crippen molar-refractivity contribution in [3.63, 3.8) is 0 Å². The van der Waals surface area contributed by atoms with Crippen LogP contribution < -0.4 is 5.32 Å². The van der Waals surface area contributed by atoms with Crippen LogP contribution in [0.15, 0.2) is 47.4 Å². The van der Waals surface area contributed by atoms with Crippen LogP contribution in [-0.2, 0) is 16.1 Å². The molecular formula is C24H25Cl2N3O4S. The maximum Gasteiger partial charge on any atom is 0.319 e. The Morgan fingerprint density at radius 3 is 2.44 bits per heavy atom. The van der Waals surface area contributed by atoms with Crippen LogP contribution in [0.2, 0.25) is 10.0 Å². The highest BCUT2D eigenvalue weighted by molar-refractivity contribution is 8.01. The molecule has 34 heavy (non-hydrogen) atoms. The Hall–Kier alpha value is -2.52. The molecule has 1 amide bonds. The molecular weight excluding hydrogens is 497 g/mol. The first-order valence-electron chi connectivity index (χ1n) is 10.4. The number of hydrogen-bond acceptors (Lipinski definition) is 5. The second kappa shape index (κ2) is 10.8. The van der Waals surface area contributed by atoms with Crippen molar-refractivity contribution in [2.24, 2.45) is 0 Å². The maximum atomic E-state index is 13.2. The molecule has 180 valence electrons. The number of aryl methyl sites for hydroxylation is 1. The molecule has 0 aliphatic carbocycles. The molecule has 0 aliphatic heterocycles. The van der Waals surface area contributed by atoms with Crippen LogP contribution in [0.3, 0.4) is 0 Å². The lowest BCUT2D eigenvalue weighted by molar-refractivity contribution is -0.138. The van der Waals surface area contributed by atoms with Gasteiger partial charge in [0.25, 0.3) is 5.91 Å². The molecule has 0 aliphatic rings. The quantitative estimate of drug-likeness (QED) is 0.334. The van der Waals surface area contributed by atoms with E-state index < -0.39 is 10.7 Å². The first kappa shape index (κ1) is 26.1. The van der Waals surface area contributed by atoms with Crippen molar-refractivity contribution in [2.45, 2.75) is 37.0 Å². The topological polar surface area (TPSA) is 93.4 Å². The van der Waals surface area contributed by atoms with Gasteiger partial charge in [-0.25, -0.2) is 4.98 Å². The zero-order valence-electron chi connectivity index (χ0n) is 19.2. The van der Waals surface area contributed by atoms with E-state index >= 15 is 0 Å². The number of rotatable bonds is 9. The SMILES string of the molecule is COCCn1c(-c2ccc(SC(C)(C)C(=O)O)cc2)nc(C)c1C(=O)Nc1ccc(Cl)cc1Cl. The van der Waals surface area contributed by atoms with E-state index in [1.54, 1.807) is 50.6 Å². The van der Waals surface area contributed by atoms with Gasteiger partial charge in [-0.15, -0.1) is 11.8 Å². The highest BCUT2D eigenvalue weighted by Crippen LogP contribution is 2.34. The number of carboxylic acids is 1. The molecule has 10 heteroatoms. The molecule has 1 heterocycles. The number of nitrogens with one attached hydrogen (secondary N) is 1. The molecule has 0 spiro atoms. The van der Waals surface area contributed by atoms with Crippen LogP contribution in [0, 0.1) is 6.92 Å². The summed E-state index contributed by atoms with van der Waals surface area (Å²) in [6, 6.07) is 12.3. The lowest BCUT2D eigenvalue weighted by Crippen LogP contribution is -2.26. The van der Waals surface area contributed by atoms with E-state index in [-0.39, 0.29) is 5.91 Å². The van der Waals surface area contributed by atoms with E-state index in [1.807, 2.05) is 24.3 Å². The summed E-state index contributed by atoms with van der Waals surface area (Å²) in [5.74, 6) is -0.633. The number of methoxy groups -OCH3 is 1. The summed E-state index contributed by atoms with van der Waals surface area (Å²) in [6.07, 6.45) is 0. The Morgan fingerprint density at radius 1 is 1.18 bits per heavy atom. The standard InChI is InChI=1S/C24H25Cl2N3O4S/c1-14-20(22(30)28-19-10-7-16(25)13-18(19)26)29(11-12-33-4)21(27-14)15-5-8-17(9-6-15)34-24(2,3)23(31)32/h5-10,13H,11-12H2,1-4H3,(H,28,30)(H,31,32). The summed E-state index contributed by atoms with van der Waals surface area (Å²) in [5.41, 5.74) is 2.18. The Bertz CT molecular complexity index is 1210. The third-order valence-corrected chi connectivity index (χ3v) is 6.80. The van der Waals surface area contributed by atoms with Gasteiger partial charge in [0.05, 0.1) is 23.0 Å². The highest BCUT2D eigenvalue weighted by atomic mass is 35.5. The minimum absolute atomic E-state index is 0.332. The molecule has 0 saturated carbocycles. The van der Waals surface area contributed by atoms with Gasteiger partial charge in [0.1, 0.15) is 16.3 Å². The number of aliphatic carboxylic acids is 1. The van der Waals surface area contributed by atoms with Crippen molar-refractivity contribution >= 4 is 52.5 Å². The van der Waals surface area contributed by atoms with Crippen LogP contribution in [0.1, 0.15) is 30.0 Å². The normalized spacial score (nSPS) is 11.5. The summed E-state index contributed by atoms with van der Waals surface area (Å²) >= 11 is 13.4. The van der Waals surface area contributed by atoms with E-state index in [4.69, 9.17) is 27.9 Å². The summed E-state index contributed by atoms with van der Waals surface area (Å²) in [7, 11) is 1.59. The van der Waals surface area contributed by atoms with Crippen molar-refractivity contribution in [3.05, 3.63) is 63.9 Å².